The SMILES string of the molecule is c1csc(COc2cnc(CNC3CC3)cn2)c1. The third-order valence-electron chi connectivity index (χ3n) is 2.77. The molecule has 1 fully saturated rings. The Hall–Kier alpha value is -1.46. The number of hydrogen-bond donors (Lipinski definition) is 1. The Balaban J connectivity index is 1.50. The van der Waals surface area contributed by atoms with Crippen molar-refractivity contribution in [3.63, 3.8) is 0 Å². The highest BCUT2D eigenvalue weighted by molar-refractivity contribution is 7.09. The van der Waals surface area contributed by atoms with Crippen molar-refractivity contribution in [3.05, 3.63) is 40.5 Å². The molecule has 0 saturated heterocycles. The fraction of sp³-hybridized carbons (Fsp3) is 0.385. The summed E-state index contributed by atoms with van der Waals surface area (Å²) in [6.45, 7) is 1.36. The molecule has 0 amide bonds. The van der Waals surface area contributed by atoms with Gasteiger partial charge < -0.3 is 10.1 Å². The lowest BCUT2D eigenvalue weighted by Crippen LogP contribution is -2.16. The summed E-state index contributed by atoms with van der Waals surface area (Å²) in [5.74, 6) is 0.582. The van der Waals surface area contributed by atoms with Crippen molar-refractivity contribution in [2.75, 3.05) is 0 Å². The molecule has 1 N–H and O–H groups in total. The van der Waals surface area contributed by atoms with Crippen LogP contribution in [0.3, 0.4) is 0 Å². The van der Waals surface area contributed by atoms with Gasteiger partial charge in [0.25, 0.3) is 0 Å². The summed E-state index contributed by atoms with van der Waals surface area (Å²) in [6, 6.07) is 4.76. The largest absolute Gasteiger partial charge is 0.471 e. The minimum atomic E-state index is 0.562. The molecule has 0 aromatic carbocycles. The van der Waals surface area contributed by atoms with Gasteiger partial charge in [0.2, 0.25) is 5.88 Å². The molecule has 1 aliphatic carbocycles. The number of thiophene rings is 1. The van der Waals surface area contributed by atoms with Gasteiger partial charge in [-0.2, -0.15) is 0 Å². The zero-order chi connectivity index (χ0) is 12.2. The first kappa shape index (κ1) is 11.6. The van der Waals surface area contributed by atoms with E-state index in [0.29, 0.717) is 18.5 Å². The van der Waals surface area contributed by atoms with E-state index < -0.39 is 0 Å². The van der Waals surface area contributed by atoms with Crippen molar-refractivity contribution < 1.29 is 4.74 Å². The molecule has 2 heterocycles. The first-order valence-electron chi connectivity index (χ1n) is 6.09. The Morgan fingerprint density at radius 3 is 2.94 bits per heavy atom. The summed E-state index contributed by atoms with van der Waals surface area (Å²) < 4.78 is 5.56. The summed E-state index contributed by atoms with van der Waals surface area (Å²) in [4.78, 5) is 9.78. The molecule has 5 heteroatoms. The number of ether oxygens (including phenoxy) is 1. The smallest absolute Gasteiger partial charge is 0.232 e. The monoisotopic (exact) mass is 261 g/mol. The van der Waals surface area contributed by atoms with Gasteiger partial charge in [-0.1, -0.05) is 6.07 Å². The molecule has 18 heavy (non-hydrogen) atoms. The lowest BCUT2D eigenvalue weighted by molar-refractivity contribution is 0.295. The summed E-state index contributed by atoms with van der Waals surface area (Å²) in [7, 11) is 0. The Morgan fingerprint density at radius 2 is 2.28 bits per heavy atom. The zero-order valence-electron chi connectivity index (χ0n) is 10.0. The highest BCUT2D eigenvalue weighted by Crippen LogP contribution is 2.19. The number of nitrogens with zero attached hydrogens (tertiary/aromatic N) is 2. The molecular weight excluding hydrogens is 246 g/mol. The van der Waals surface area contributed by atoms with Gasteiger partial charge in [-0.15, -0.1) is 11.3 Å². The van der Waals surface area contributed by atoms with Crippen LogP contribution in [-0.2, 0) is 13.2 Å². The van der Waals surface area contributed by atoms with Crippen LogP contribution >= 0.6 is 11.3 Å². The van der Waals surface area contributed by atoms with E-state index in [1.54, 1.807) is 23.7 Å². The van der Waals surface area contributed by atoms with Gasteiger partial charge in [-0.25, -0.2) is 4.98 Å². The molecule has 1 saturated carbocycles. The number of rotatable bonds is 6. The van der Waals surface area contributed by atoms with Gasteiger partial charge in [-0.3, -0.25) is 4.98 Å². The van der Waals surface area contributed by atoms with Crippen LogP contribution in [0.5, 0.6) is 5.88 Å². The molecule has 4 nitrogen and oxygen atoms in total. The molecule has 0 unspecified atom stereocenters. The number of nitrogens with one attached hydrogen (secondary N) is 1. The van der Waals surface area contributed by atoms with E-state index >= 15 is 0 Å². The Bertz CT molecular complexity index is 479. The molecule has 1 aliphatic rings. The highest BCUT2D eigenvalue weighted by Gasteiger charge is 2.20. The first-order chi connectivity index (χ1) is 8.90. The highest BCUT2D eigenvalue weighted by atomic mass is 32.1. The van der Waals surface area contributed by atoms with Crippen molar-refractivity contribution in [2.24, 2.45) is 0 Å². The molecular formula is C13H15N3OS. The molecule has 0 radical (unpaired) electrons. The van der Waals surface area contributed by atoms with Crippen LogP contribution < -0.4 is 10.1 Å². The summed E-state index contributed by atoms with van der Waals surface area (Å²) in [5, 5.41) is 5.44. The van der Waals surface area contributed by atoms with Gasteiger partial charge >= 0.3 is 0 Å². The second-order valence-corrected chi connectivity index (χ2v) is 5.40. The van der Waals surface area contributed by atoms with E-state index in [2.05, 4.69) is 15.3 Å². The molecule has 2 aromatic heterocycles. The third-order valence-corrected chi connectivity index (χ3v) is 3.62. The van der Waals surface area contributed by atoms with Crippen LogP contribution in [0, 0.1) is 0 Å². The maximum atomic E-state index is 5.56. The minimum absolute atomic E-state index is 0.562. The third kappa shape index (κ3) is 3.27. The van der Waals surface area contributed by atoms with Gasteiger partial charge in [0.1, 0.15) is 6.61 Å². The Morgan fingerprint density at radius 1 is 1.33 bits per heavy atom. The van der Waals surface area contributed by atoms with Crippen LogP contribution in [0.2, 0.25) is 0 Å². The van der Waals surface area contributed by atoms with E-state index in [1.807, 2.05) is 17.5 Å². The molecule has 3 rings (SSSR count). The normalized spacial score (nSPS) is 14.7. The first-order valence-corrected chi connectivity index (χ1v) is 6.97. The van der Waals surface area contributed by atoms with Gasteiger partial charge in [0.05, 0.1) is 18.1 Å². The standard InChI is InChI=1S/C13H15N3OS/c1-2-12(18-5-1)9-17-13-8-15-11(7-16-13)6-14-10-3-4-10/h1-2,5,7-8,10,14H,3-4,6,9H2. The van der Waals surface area contributed by atoms with E-state index in [-0.39, 0.29) is 0 Å². The Labute approximate surface area is 110 Å². The zero-order valence-corrected chi connectivity index (χ0v) is 10.8. The minimum Gasteiger partial charge on any atom is -0.471 e. The summed E-state index contributed by atoms with van der Waals surface area (Å²) in [6.07, 6.45) is 6.04. The van der Waals surface area contributed by atoms with Crippen molar-refractivity contribution in [3.8, 4) is 5.88 Å². The van der Waals surface area contributed by atoms with Crippen molar-refractivity contribution in [1.29, 1.82) is 0 Å². The van der Waals surface area contributed by atoms with Crippen molar-refractivity contribution in [1.82, 2.24) is 15.3 Å². The molecule has 0 bridgehead atoms. The molecule has 0 spiro atoms. The summed E-state index contributed by atoms with van der Waals surface area (Å²) >= 11 is 1.68. The second kappa shape index (κ2) is 5.46. The average Bonchev–Trinajstić information content (AvgIpc) is 3.09. The van der Waals surface area contributed by atoms with Crippen LogP contribution in [0.4, 0.5) is 0 Å². The van der Waals surface area contributed by atoms with Crippen LogP contribution in [0.25, 0.3) is 0 Å². The van der Waals surface area contributed by atoms with E-state index in [1.165, 1.54) is 17.7 Å². The predicted molar refractivity (Wildman–Crippen MR) is 70.5 cm³/mol. The van der Waals surface area contributed by atoms with Crippen LogP contribution in [-0.4, -0.2) is 16.0 Å². The quantitative estimate of drug-likeness (QED) is 0.867. The lowest BCUT2D eigenvalue weighted by Gasteiger charge is -2.05. The number of aromatic nitrogens is 2. The van der Waals surface area contributed by atoms with E-state index in [9.17, 15) is 0 Å². The van der Waals surface area contributed by atoms with E-state index in [4.69, 9.17) is 4.74 Å². The Kier molecular flexibility index (Phi) is 3.52. The van der Waals surface area contributed by atoms with Gasteiger partial charge in [-0.05, 0) is 24.3 Å². The molecule has 0 aliphatic heterocycles. The van der Waals surface area contributed by atoms with E-state index in [0.717, 1.165) is 12.2 Å². The molecule has 94 valence electrons. The predicted octanol–water partition coefficient (Wildman–Crippen LogP) is 2.37. The van der Waals surface area contributed by atoms with Crippen molar-refractivity contribution in [2.45, 2.75) is 32.0 Å². The van der Waals surface area contributed by atoms with Crippen LogP contribution in [0.15, 0.2) is 29.9 Å². The second-order valence-electron chi connectivity index (χ2n) is 4.37. The molecule has 2 aromatic rings. The van der Waals surface area contributed by atoms with Gasteiger partial charge in [0.15, 0.2) is 0 Å². The van der Waals surface area contributed by atoms with Crippen LogP contribution in [0.1, 0.15) is 23.4 Å². The van der Waals surface area contributed by atoms with Crippen molar-refractivity contribution >= 4 is 11.3 Å². The molecule has 0 atom stereocenters. The maximum absolute atomic E-state index is 5.56. The average molecular weight is 261 g/mol. The lowest BCUT2D eigenvalue weighted by atomic mass is 10.4. The van der Waals surface area contributed by atoms with Gasteiger partial charge in [0, 0.05) is 17.5 Å². The fourth-order valence-electron chi connectivity index (χ4n) is 1.58. The maximum Gasteiger partial charge on any atom is 0.232 e. The topological polar surface area (TPSA) is 47.0 Å². The fourth-order valence-corrected chi connectivity index (χ4v) is 2.20. The number of hydrogen-bond acceptors (Lipinski definition) is 5. The summed E-state index contributed by atoms with van der Waals surface area (Å²) in [5.41, 5.74) is 0.963.